The van der Waals surface area contributed by atoms with Gasteiger partial charge < -0.3 is 4.42 Å². The molecule has 252 valence electrons. The Bertz CT molecular complexity index is 3060. The molecule has 22 radical (unpaired) electrons. The highest BCUT2D eigenvalue weighted by Gasteiger charge is 2.26. The van der Waals surface area contributed by atoms with Crippen molar-refractivity contribution < 1.29 is 4.42 Å². The minimum atomic E-state index is 0.0000401. The Hall–Kier alpha value is -5.94. The number of fused-ring (bicyclic) bond motifs is 3. The Kier molecular flexibility index (Phi) is 10.1. The molecule has 0 unspecified atom stereocenters. The molecule has 0 aliphatic heterocycles. The lowest BCUT2D eigenvalue weighted by Crippen LogP contribution is -2.56. The third-order valence-electron chi connectivity index (χ3n) is 10.9. The maximum absolute atomic E-state index is 7.08. The Balaban J connectivity index is 1.27. The first-order valence-corrected chi connectivity index (χ1v) is 18.6. The molecule has 9 rings (SSSR count). The van der Waals surface area contributed by atoms with E-state index in [0.717, 1.165) is 33.4 Å². The van der Waals surface area contributed by atoms with E-state index in [2.05, 4.69) is 0 Å². The highest BCUT2D eigenvalue weighted by Crippen LogP contribution is 2.31. The first-order chi connectivity index (χ1) is 28.8. The van der Waals surface area contributed by atoms with Crippen molar-refractivity contribution in [2.75, 3.05) is 0 Å². The average molecular weight is 736 g/mol. The minimum absolute atomic E-state index is 0.0000401. The van der Waals surface area contributed by atoms with E-state index < -0.39 is 0 Å². The van der Waals surface area contributed by atoms with Crippen molar-refractivity contribution in [3.8, 4) is 67.5 Å². The van der Waals surface area contributed by atoms with Crippen molar-refractivity contribution in [1.82, 2.24) is 15.0 Å². The highest BCUT2D eigenvalue weighted by molar-refractivity contribution is 6.71. The molecule has 0 N–H and O–H groups in total. The molecule has 0 fully saturated rings. The molecule has 0 aliphatic rings. The van der Waals surface area contributed by atoms with Crippen molar-refractivity contribution in [3.63, 3.8) is 0 Å². The number of furan rings is 1. The minimum Gasteiger partial charge on any atom is -0.457 e. The van der Waals surface area contributed by atoms with Gasteiger partial charge in [0.1, 0.15) is 97.5 Å². The fourth-order valence-corrected chi connectivity index (χ4v) is 7.64. The second kappa shape index (κ2) is 15.3. The Labute approximate surface area is 362 Å². The summed E-state index contributed by atoms with van der Waals surface area (Å²) in [5.41, 5.74) is 6.61. The lowest BCUT2D eigenvalue weighted by atomic mass is 9.57. The predicted octanol–water partition coefficient (Wildman–Crippen LogP) is -1.50. The predicted molar refractivity (Wildman–Crippen MR) is 259 cm³/mol. The molecule has 0 aliphatic carbocycles. The Morgan fingerprint density at radius 1 is 0.267 bits per heavy atom. The van der Waals surface area contributed by atoms with E-state index in [1.807, 2.05) is 109 Å². The van der Waals surface area contributed by atoms with Crippen LogP contribution in [-0.4, -0.2) is 101 Å². The van der Waals surface area contributed by atoms with E-state index in [-0.39, 0.29) is 105 Å². The number of hydrogen-bond acceptors (Lipinski definition) is 4. The van der Waals surface area contributed by atoms with E-state index in [1.165, 1.54) is 0 Å². The summed E-state index contributed by atoms with van der Waals surface area (Å²) in [6.45, 7) is 0. The van der Waals surface area contributed by atoms with E-state index in [4.69, 9.17) is 106 Å². The van der Waals surface area contributed by atoms with Crippen LogP contribution in [-0.2, 0) is 0 Å². The molecule has 9 aromatic rings. The summed E-state index contributed by atoms with van der Waals surface area (Å²) in [5, 5.41) is 0.555. The zero-order chi connectivity index (χ0) is 42.1. The van der Waals surface area contributed by atoms with Crippen LogP contribution in [0.4, 0.5) is 0 Å². The summed E-state index contributed by atoms with van der Waals surface area (Å²) >= 11 is 0. The first-order valence-electron chi connectivity index (χ1n) is 18.6. The molecule has 2 heterocycles. The molecule has 7 aromatic carbocycles. The van der Waals surface area contributed by atoms with Gasteiger partial charge in [0, 0.05) is 27.5 Å². The molecule has 60 heavy (non-hydrogen) atoms. The fourth-order valence-electron chi connectivity index (χ4n) is 7.64. The largest absolute Gasteiger partial charge is 0.457 e. The zero-order valence-electron chi connectivity index (χ0n) is 32.0. The van der Waals surface area contributed by atoms with Crippen molar-refractivity contribution in [1.29, 1.82) is 0 Å². The van der Waals surface area contributed by atoms with Crippen LogP contribution in [0.15, 0.2) is 114 Å². The molecule has 0 amide bonds. The van der Waals surface area contributed by atoms with Crippen LogP contribution in [0.2, 0.25) is 0 Å². The first kappa shape index (κ1) is 39.5. The monoisotopic (exact) mass is 737 g/mol. The van der Waals surface area contributed by atoms with Crippen molar-refractivity contribution in [3.05, 3.63) is 109 Å². The molecule has 0 saturated carbocycles. The number of hydrogen-bond donors (Lipinski definition) is 0. The molecule has 4 nitrogen and oxygen atoms in total. The topological polar surface area (TPSA) is 51.8 Å². The van der Waals surface area contributed by atoms with Gasteiger partial charge in [0.2, 0.25) is 0 Å². The van der Waals surface area contributed by atoms with Crippen LogP contribution in [0, 0.1) is 0 Å². The molecular weight excluding hydrogens is 717 g/mol. The number of benzene rings is 7. The molecule has 0 spiro atoms. The van der Waals surface area contributed by atoms with Gasteiger partial charge in [-0.2, -0.15) is 0 Å². The van der Waals surface area contributed by atoms with E-state index in [9.17, 15) is 0 Å². The summed E-state index contributed by atoms with van der Waals surface area (Å²) in [5.74, 6) is 0.883. The van der Waals surface area contributed by atoms with Gasteiger partial charge in [0.25, 0.3) is 0 Å². The third kappa shape index (κ3) is 6.36. The van der Waals surface area contributed by atoms with Crippen LogP contribution in [0.25, 0.3) is 89.5 Å². The lowest BCUT2D eigenvalue weighted by molar-refractivity contribution is 0.675. The second-order valence-corrected chi connectivity index (χ2v) is 14.4. The summed E-state index contributed by atoms with van der Waals surface area (Å²) in [7, 11) is 72.4. The Morgan fingerprint density at radius 2 is 0.600 bits per heavy atom. The van der Waals surface area contributed by atoms with E-state index >= 15 is 0 Å². The number of rotatable bonds is 6. The van der Waals surface area contributed by atoms with E-state index in [0.29, 0.717) is 11.6 Å². The average Bonchev–Trinajstić information content (AvgIpc) is 3.70. The van der Waals surface area contributed by atoms with Gasteiger partial charge in [-0.3, -0.25) is 0 Å². The van der Waals surface area contributed by atoms with Gasteiger partial charge in [-0.05, 0) is 38.8 Å². The maximum atomic E-state index is 7.08. The van der Waals surface area contributed by atoms with Crippen LogP contribution < -0.4 is 60.1 Å². The van der Waals surface area contributed by atoms with Crippen LogP contribution in [0.3, 0.4) is 0 Å². The van der Waals surface area contributed by atoms with Crippen LogP contribution in [0.1, 0.15) is 0 Å². The van der Waals surface area contributed by atoms with Gasteiger partial charge in [0.05, 0.1) is 0 Å². The summed E-state index contributed by atoms with van der Waals surface area (Å²) in [6.07, 6.45) is 0. The number of aromatic nitrogens is 3. The standard InChI is InChI=1S/C45H18B11N3O/c46-30-27-28-34(50)31(47)26(25-32(48)37(53)39(55)38(54)33(25)49)36(52)41(28)60-42(27)40(56)35(51)29(30)45-58-43(23-15-11-21(12-16-23)19-7-3-1-4-8-19)57-44(59-45)24-17-13-22(14-18-24)20-9-5-2-6-10-20/h1-18H. The quantitative estimate of drug-likeness (QED) is 0.196. The molecule has 2 aromatic heterocycles. The van der Waals surface area contributed by atoms with Crippen molar-refractivity contribution >= 4 is 168 Å². The van der Waals surface area contributed by atoms with E-state index in [1.54, 1.807) is 0 Å². The van der Waals surface area contributed by atoms with Crippen molar-refractivity contribution in [2.45, 2.75) is 0 Å². The summed E-state index contributed by atoms with van der Waals surface area (Å²) in [4.78, 5) is 14.8. The van der Waals surface area contributed by atoms with Crippen molar-refractivity contribution in [2.24, 2.45) is 0 Å². The molecular formula is C45H18B11N3O. The molecule has 0 saturated heterocycles. The van der Waals surface area contributed by atoms with Gasteiger partial charge >= 0.3 is 0 Å². The Morgan fingerprint density at radius 3 is 1.08 bits per heavy atom. The van der Waals surface area contributed by atoms with Gasteiger partial charge in [-0.1, -0.05) is 147 Å². The second-order valence-electron chi connectivity index (χ2n) is 14.4. The van der Waals surface area contributed by atoms with Gasteiger partial charge in [0.15, 0.2) is 17.5 Å². The summed E-state index contributed by atoms with van der Waals surface area (Å²) in [6, 6.07) is 35.9. The maximum Gasteiger partial charge on any atom is 0.164 e. The van der Waals surface area contributed by atoms with Crippen LogP contribution in [0.5, 0.6) is 0 Å². The fraction of sp³-hybridized carbons (Fsp3) is 0. The van der Waals surface area contributed by atoms with Gasteiger partial charge in [-0.25, -0.2) is 15.0 Å². The molecule has 0 atom stereocenters. The number of nitrogens with zero attached hydrogens (tertiary/aromatic N) is 3. The van der Waals surface area contributed by atoms with Crippen LogP contribution >= 0.6 is 0 Å². The highest BCUT2D eigenvalue weighted by atomic mass is 16.3. The normalized spacial score (nSPS) is 11.4. The SMILES string of the molecule is [B]c1c([B])c([B])c(-c2c([B])c([B])c3c(oc4c([B])c([B])c(-c5nc(-c6ccc(-c7ccccc7)cc6)nc(-c6ccc(-c7ccccc7)cc6)n5)c([B])c43)c2[B])c([B])c1[B]. The lowest BCUT2D eigenvalue weighted by Gasteiger charge is -2.25. The molecule has 0 bridgehead atoms. The summed E-state index contributed by atoms with van der Waals surface area (Å²) < 4.78 is 6.34. The smallest absolute Gasteiger partial charge is 0.164 e. The zero-order valence-corrected chi connectivity index (χ0v) is 32.0. The molecule has 15 heteroatoms. The van der Waals surface area contributed by atoms with Gasteiger partial charge in [-0.15, -0.1) is 16.4 Å². The third-order valence-corrected chi connectivity index (χ3v) is 10.9.